The van der Waals surface area contributed by atoms with E-state index in [0.29, 0.717) is 23.6 Å². The zero-order chi connectivity index (χ0) is 14.0. The quantitative estimate of drug-likeness (QED) is 0.892. The summed E-state index contributed by atoms with van der Waals surface area (Å²) in [6, 6.07) is 5.19. The number of benzene rings is 1. The van der Waals surface area contributed by atoms with Gasteiger partial charge in [0.2, 0.25) is 0 Å². The fourth-order valence-electron chi connectivity index (χ4n) is 1.95. The maximum Gasteiger partial charge on any atom is 0.332 e. The number of aliphatic carboxylic acids is 1. The Kier molecular flexibility index (Phi) is 4.07. The molecule has 1 aromatic carbocycles. The average molecular weight is 284 g/mol. The second-order valence-corrected chi connectivity index (χ2v) is 4.91. The molecule has 2 unspecified atom stereocenters. The third-order valence-corrected chi connectivity index (χ3v) is 3.28. The van der Waals surface area contributed by atoms with E-state index in [1.165, 1.54) is 0 Å². The van der Waals surface area contributed by atoms with Crippen LogP contribution in [0.15, 0.2) is 18.2 Å². The predicted octanol–water partition coefficient (Wildman–Crippen LogP) is 2.22. The molecule has 1 saturated heterocycles. The fraction of sp³-hybridized carbons (Fsp3) is 0.385. The number of halogens is 1. The van der Waals surface area contributed by atoms with E-state index >= 15 is 0 Å². The first kappa shape index (κ1) is 13.8. The number of ether oxygens (including phenoxy) is 1. The molecule has 19 heavy (non-hydrogen) atoms. The van der Waals surface area contributed by atoms with Gasteiger partial charge in [-0.15, -0.1) is 0 Å². The van der Waals surface area contributed by atoms with Gasteiger partial charge in [0.05, 0.1) is 0 Å². The Labute approximate surface area is 115 Å². The summed E-state index contributed by atoms with van der Waals surface area (Å²) in [6.07, 6.45) is -0.861. The minimum absolute atomic E-state index is 0.339. The van der Waals surface area contributed by atoms with Crippen LogP contribution in [0.3, 0.4) is 0 Å². The molecule has 0 spiro atoms. The average Bonchev–Trinajstić information content (AvgIpc) is 2.83. The molecule has 2 N–H and O–H groups in total. The molecule has 2 atom stereocenters. The van der Waals surface area contributed by atoms with Crippen molar-refractivity contribution >= 4 is 29.2 Å². The molecule has 0 aliphatic carbocycles. The molecule has 102 valence electrons. The number of anilines is 1. The Hall–Kier alpha value is -1.59. The van der Waals surface area contributed by atoms with Crippen molar-refractivity contribution < 1.29 is 19.4 Å². The summed E-state index contributed by atoms with van der Waals surface area (Å²) in [4.78, 5) is 22.7. The number of nitrogens with one attached hydrogen (secondary N) is 1. The minimum Gasteiger partial charge on any atom is -0.479 e. The van der Waals surface area contributed by atoms with Crippen LogP contribution in [-0.2, 0) is 14.3 Å². The molecule has 5 nitrogen and oxygen atoms in total. The molecule has 1 heterocycles. The van der Waals surface area contributed by atoms with Gasteiger partial charge in [0.1, 0.15) is 6.10 Å². The highest BCUT2D eigenvalue weighted by molar-refractivity contribution is 6.31. The van der Waals surface area contributed by atoms with E-state index in [-0.39, 0.29) is 5.91 Å². The largest absolute Gasteiger partial charge is 0.479 e. The fourth-order valence-corrected chi connectivity index (χ4v) is 2.13. The van der Waals surface area contributed by atoms with E-state index in [2.05, 4.69) is 5.32 Å². The summed E-state index contributed by atoms with van der Waals surface area (Å²) in [5.41, 5.74) is 1.49. The van der Waals surface area contributed by atoms with E-state index in [1.54, 1.807) is 18.2 Å². The highest BCUT2D eigenvalue weighted by atomic mass is 35.5. The van der Waals surface area contributed by atoms with Crippen molar-refractivity contribution in [3.63, 3.8) is 0 Å². The lowest BCUT2D eigenvalue weighted by molar-refractivity contribution is -0.150. The van der Waals surface area contributed by atoms with Gasteiger partial charge in [0, 0.05) is 10.7 Å². The minimum atomic E-state index is -1.03. The number of carbonyl (C=O) groups excluding carboxylic acids is 1. The highest BCUT2D eigenvalue weighted by Gasteiger charge is 2.34. The monoisotopic (exact) mass is 283 g/mol. The number of carboxylic acid groups (broad SMARTS) is 1. The Morgan fingerprint density at radius 3 is 2.68 bits per heavy atom. The number of rotatable bonds is 3. The lowest BCUT2D eigenvalue weighted by Crippen LogP contribution is -2.30. The van der Waals surface area contributed by atoms with Crippen molar-refractivity contribution in [3.05, 3.63) is 28.8 Å². The van der Waals surface area contributed by atoms with Crippen LogP contribution in [0.2, 0.25) is 5.02 Å². The molecule has 1 aliphatic rings. The predicted molar refractivity (Wildman–Crippen MR) is 70.3 cm³/mol. The van der Waals surface area contributed by atoms with Gasteiger partial charge in [-0.2, -0.15) is 0 Å². The van der Waals surface area contributed by atoms with Gasteiger partial charge in [-0.3, -0.25) is 4.79 Å². The first-order valence-electron chi connectivity index (χ1n) is 5.92. The molecular formula is C13H14ClNO4. The van der Waals surface area contributed by atoms with Crippen molar-refractivity contribution in [2.75, 3.05) is 5.32 Å². The van der Waals surface area contributed by atoms with Crippen LogP contribution in [-0.4, -0.2) is 29.2 Å². The van der Waals surface area contributed by atoms with Crippen LogP contribution in [0.4, 0.5) is 5.69 Å². The van der Waals surface area contributed by atoms with E-state index in [4.69, 9.17) is 21.4 Å². The van der Waals surface area contributed by atoms with Crippen molar-refractivity contribution in [2.45, 2.75) is 32.0 Å². The van der Waals surface area contributed by atoms with Gasteiger partial charge >= 0.3 is 5.97 Å². The van der Waals surface area contributed by atoms with Crippen LogP contribution in [0, 0.1) is 6.92 Å². The molecular weight excluding hydrogens is 270 g/mol. The number of hydrogen-bond acceptors (Lipinski definition) is 3. The van der Waals surface area contributed by atoms with Gasteiger partial charge < -0.3 is 15.2 Å². The number of hydrogen-bond donors (Lipinski definition) is 2. The van der Waals surface area contributed by atoms with Crippen LogP contribution in [0.1, 0.15) is 18.4 Å². The molecule has 6 heteroatoms. The van der Waals surface area contributed by atoms with Crippen molar-refractivity contribution in [1.82, 2.24) is 0 Å². The highest BCUT2D eigenvalue weighted by Crippen LogP contribution is 2.24. The summed E-state index contributed by atoms with van der Waals surface area (Å²) < 4.78 is 5.18. The number of carbonyl (C=O) groups is 2. The second kappa shape index (κ2) is 5.59. The van der Waals surface area contributed by atoms with Crippen molar-refractivity contribution in [1.29, 1.82) is 0 Å². The lowest BCUT2D eigenvalue weighted by atomic mass is 10.1. The topological polar surface area (TPSA) is 75.6 Å². The number of amides is 1. The van der Waals surface area contributed by atoms with Crippen LogP contribution < -0.4 is 5.32 Å². The van der Waals surface area contributed by atoms with E-state index in [0.717, 1.165) is 5.56 Å². The second-order valence-electron chi connectivity index (χ2n) is 4.48. The van der Waals surface area contributed by atoms with Gasteiger partial charge in [0.15, 0.2) is 6.10 Å². The SMILES string of the molecule is Cc1ccc(Cl)cc1NC(=O)C1CCC(C(=O)O)O1. The third-order valence-electron chi connectivity index (χ3n) is 3.04. The van der Waals surface area contributed by atoms with E-state index < -0.39 is 18.2 Å². The summed E-state index contributed by atoms with van der Waals surface area (Å²) in [7, 11) is 0. The smallest absolute Gasteiger partial charge is 0.332 e. The number of carboxylic acids is 1. The first-order chi connectivity index (χ1) is 8.97. The number of aryl methyl sites for hydroxylation is 1. The molecule has 2 rings (SSSR count). The van der Waals surface area contributed by atoms with E-state index in [9.17, 15) is 9.59 Å². The molecule has 1 fully saturated rings. The van der Waals surface area contributed by atoms with E-state index in [1.807, 2.05) is 6.92 Å². The summed E-state index contributed by atoms with van der Waals surface area (Å²) >= 11 is 5.86. The summed E-state index contributed by atoms with van der Waals surface area (Å²) in [5, 5.41) is 12.0. The molecule has 1 amide bonds. The Morgan fingerprint density at radius 1 is 1.37 bits per heavy atom. The molecule has 0 bridgehead atoms. The molecule has 0 aromatic heterocycles. The molecule has 0 radical (unpaired) electrons. The Morgan fingerprint density at radius 2 is 2.05 bits per heavy atom. The van der Waals surface area contributed by atoms with Crippen LogP contribution >= 0.6 is 11.6 Å². The molecule has 1 aromatic rings. The van der Waals surface area contributed by atoms with Gasteiger partial charge in [-0.25, -0.2) is 4.79 Å². The molecule has 0 saturated carbocycles. The van der Waals surface area contributed by atoms with Gasteiger partial charge in [0.25, 0.3) is 5.91 Å². The lowest BCUT2D eigenvalue weighted by Gasteiger charge is -2.13. The maximum absolute atomic E-state index is 12.0. The van der Waals surface area contributed by atoms with Crippen LogP contribution in [0.25, 0.3) is 0 Å². The van der Waals surface area contributed by atoms with Gasteiger partial charge in [-0.1, -0.05) is 17.7 Å². The maximum atomic E-state index is 12.0. The normalized spacial score (nSPS) is 22.2. The van der Waals surface area contributed by atoms with Crippen LogP contribution in [0.5, 0.6) is 0 Å². The standard InChI is InChI=1S/C13H14ClNO4/c1-7-2-3-8(14)6-9(7)15-12(16)10-4-5-11(19-10)13(17)18/h2-3,6,10-11H,4-5H2,1H3,(H,15,16)(H,17,18). The van der Waals surface area contributed by atoms with Crippen molar-refractivity contribution in [2.24, 2.45) is 0 Å². The van der Waals surface area contributed by atoms with Gasteiger partial charge in [-0.05, 0) is 37.5 Å². The summed E-state index contributed by atoms with van der Waals surface area (Å²) in [6.45, 7) is 1.85. The summed E-state index contributed by atoms with van der Waals surface area (Å²) in [5.74, 6) is -1.37. The first-order valence-corrected chi connectivity index (χ1v) is 6.30. The Balaban J connectivity index is 2.02. The Bertz CT molecular complexity index is 517. The molecule has 1 aliphatic heterocycles. The zero-order valence-electron chi connectivity index (χ0n) is 10.4. The third kappa shape index (κ3) is 3.24. The van der Waals surface area contributed by atoms with Crippen molar-refractivity contribution in [3.8, 4) is 0 Å². The zero-order valence-corrected chi connectivity index (χ0v) is 11.1.